The fourth-order valence-corrected chi connectivity index (χ4v) is 1.67. The van der Waals surface area contributed by atoms with E-state index >= 15 is 0 Å². The van der Waals surface area contributed by atoms with Gasteiger partial charge in [0.05, 0.1) is 9.90 Å². The maximum Gasteiger partial charge on any atom is 0.111 e. The van der Waals surface area contributed by atoms with Crippen LogP contribution in [0.2, 0.25) is 0 Å². The largest absolute Gasteiger partial charge is 0.337 e. The monoisotopic (exact) mass is 284 g/mol. The zero-order valence-corrected chi connectivity index (χ0v) is 9.15. The number of nitrogens with zero attached hydrogens (tertiary/aromatic N) is 1. The second-order valence-corrected chi connectivity index (χ2v) is 4.00. The average Bonchev–Trinajstić information content (AvgIpc) is 2.53. The van der Waals surface area contributed by atoms with Crippen molar-refractivity contribution in [1.29, 1.82) is 0 Å². The van der Waals surface area contributed by atoms with E-state index in [-0.39, 0.29) is 0 Å². The van der Waals surface area contributed by atoms with Gasteiger partial charge in [-0.3, -0.25) is 0 Å². The Morgan fingerprint density at radius 3 is 2.62 bits per heavy atom. The molecule has 0 aliphatic rings. The third-order valence-corrected chi connectivity index (χ3v) is 2.36. The van der Waals surface area contributed by atoms with Crippen molar-refractivity contribution in [2.45, 2.75) is 6.42 Å². The van der Waals surface area contributed by atoms with E-state index in [9.17, 15) is 0 Å². The molecular weight excluding hydrogens is 275 g/mol. The van der Waals surface area contributed by atoms with Crippen molar-refractivity contribution in [1.82, 2.24) is 9.97 Å². The van der Waals surface area contributed by atoms with E-state index < -0.39 is 0 Å². The first-order valence-corrected chi connectivity index (χ1v) is 5.16. The van der Waals surface area contributed by atoms with Crippen LogP contribution in [0, 0.1) is 3.70 Å². The van der Waals surface area contributed by atoms with Crippen molar-refractivity contribution < 1.29 is 0 Å². The third-order valence-electron chi connectivity index (χ3n) is 1.81. The lowest BCUT2D eigenvalue weighted by molar-refractivity contribution is 1.02. The first kappa shape index (κ1) is 8.74. The number of nitrogens with one attached hydrogen (secondary N) is 1. The van der Waals surface area contributed by atoms with Gasteiger partial charge in [0.2, 0.25) is 0 Å². The molecule has 66 valence electrons. The van der Waals surface area contributed by atoms with Gasteiger partial charge in [-0.15, -0.1) is 0 Å². The molecule has 2 aromatic rings. The summed E-state index contributed by atoms with van der Waals surface area (Å²) in [6.07, 6.45) is 2.72. The van der Waals surface area contributed by atoms with Gasteiger partial charge >= 0.3 is 0 Å². The van der Waals surface area contributed by atoms with Gasteiger partial charge in [0.1, 0.15) is 5.82 Å². The SMILES string of the molecule is Ic1cnc(Cc2ccccc2)[nH]1. The molecule has 0 saturated heterocycles. The van der Waals surface area contributed by atoms with Gasteiger partial charge in [-0.1, -0.05) is 30.3 Å². The van der Waals surface area contributed by atoms with E-state index in [2.05, 4.69) is 44.7 Å². The molecule has 0 amide bonds. The summed E-state index contributed by atoms with van der Waals surface area (Å²) >= 11 is 2.23. The topological polar surface area (TPSA) is 28.7 Å². The molecule has 1 aromatic heterocycles. The fraction of sp³-hybridized carbons (Fsp3) is 0.100. The number of hydrogen-bond acceptors (Lipinski definition) is 1. The van der Waals surface area contributed by atoms with Gasteiger partial charge in [0.15, 0.2) is 0 Å². The predicted octanol–water partition coefficient (Wildman–Crippen LogP) is 2.61. The zero-order chi connectivity index (χ0) is 9.10. The van der Waals surface area contributed by atoms with Crippen LogP contribution in [-0.4, -0.2) is 9.97 Å². The summed E-state index contributed by atoms with van der Waals surface area (Å²) < 4.78 is 1.09. The molecule has 0 bridgehead atoms. The number of benzene rings is 1. The summed E-state index contributed by atoms with van der Waals surface area (Å²) in [5.74, 6) is 1.02. The first-order valence-electron chi connectivity index (χ1n) is 4.08. The molecule has 0 spiro atoms. The van der Waals surface area contributed by atoms with Crippen LogP contribution < -0.4 is 0 Å². The fourth-order valence-electron chi connectivity index (χ4n) is 1.22. The number of rotatable bonds is 2. The van der Waals surface area contributed by atoms with E-state index in [0.717, 1.165) is 15.9 Å². The van der Waals surface area contributed by atoms with Crippen LogP contribution in [0.25, 0.3) is 0 Å². The van der Waals surface area contributed by atoms with Crippen LogP contribution in [0.3, 0.4) is 0 Å². The molecule has 13 heavy (non-hydrogen) atoms. The van der Waals surface area contributed by atoms with Crippen LogP contribution in [0.4, 0.5) is 0 Å². The molecule has 2 rings (SSSR count). The van der Waals surface area contributed by atoms with Crippen molar-refractivity contribution in [2.24, 2.45) is 0 Å². The lowest BCUT2D eigenvalue weighted by Gasteiger charge is -1.96. The van der Waals surface area contributed by atoms with E-state index in [1.54, 1.807) is 0 Å². The standard InChI is InChI=1S/C10H9IN2/c11-9-7-12-10(13-9)6-8-4-2-1-3-5-8/h1-5,7H,6H2,(H,12,13). The number of imidazole rings is 1. The minimum atomic E-state index is 0.879. The summed E-state index contributed by atoms with van der Waals surface area (Å²) in [6, 6.07) is 10.3. The summed E-state index contributed by atoms with van der Waals surface area (Å²) in [7, 11) is 0. The summed E-state index contributed by atoms with van der Waals surface area (Å²) in [5, 5.41) is 0. The lowest BCUT2D eigenvalue weighted by atomic mass is 10.1. The molecule has 2 nitrogen and oxygen atoms in total. The first-order chi connectivity index (χ1) is 6.34. The molecule has 0 aliphatic carbocycles. The number of H-pyrrole nitrogens is 1. The molecule has 3 heteroatoms. The second-order valence-electron chi connectivity index (χ2n) is 2.84. The lowest BCUT2D eigenvalue weighted by Crippen LogP contribution is -1.89. The molecule has 0 aliphatic heterocycles. The Balaban J connectivity index is 2.15. The number of halogens is 1. The van der Waals surface area contributed by atoms with E-state index in [1.807, 2.05) is 24.4 Å². The van der Waals surface area contributed by atoms with Crippen molar-refractivity contribution in [3.8, 4) is 0 Å². The van der Waals surface area contributed by atoms with Crippen LogP contribution in [-0.2, 0) is 6.42 Å². The molecular formula is C10H9IN2. The summed E-state index contributed by atoms with van der Waals surface area (Å²) in [5.41, 5.74) is 1.29. The van der Waals surface area contributed by atoms with Gasteiger partial charge in [-0.2, -0.15) is 0 Å². The summed E-state index contributed by atoms with van der Waals surface area (Å²) in [4.78, 5) is 7.45. The average molecular weight is 284 g/mol. The minimum absolute atomic E-state index is 0.879. The van der Waals surface area contributed by atoms with Crippen LogP contribution in [0.15, 0.2) is 36.5 Å². The van der Waals surface area contributed by atoms with E-state index in [1.165, 1.54) is 5.56 Å². The number of aromatic nitrogens is 2. The van der Waals surface area contributed by atoms with Crippen molar-refractivity contribution in [2.75, 3.05) is 0 Å². The van der Waals surface area contributed by atoms with Gasteiger partial charge < -0.3 is 4.98 Å². The van der Waals surface area contributed by atoms with Crippen molar-refractivity contribution >= 4 is 22.6 Å². The second kappa shape index (κ2) is 3.91. The normalized spacial score (nSPS) is 10.2. The van der Waals surface area contributed by atoms with Crippen molar-refractivity contribution in [3.63, 3.8) is 0 Å². The third kappa shape index (κ3) is 2.30. The Morgan fingerprint density at radius 2 is 2.00 bits per heavy atom. The molecule has 1 heterocycles. The maximum atomic E-state index is 4.25. The van der Waals surface area contributed by atoms with E-state index in [0.29, 0.717) is 0 Å². The summed E-state index contributed by atoms with van der Waals surface area (Å²) in [6.45, 7) is 0. The molecule has 0 unspecified atom stereocenters. The minimum Gasteiger partial charge on any atom is -0.337 e. The Hall–Kier alpha value is -0.840. The molecule has 0 radical (unpaired) electrons. The predicted molar refractivity (Wildman–Crippen MR) is 60.6 cm³/mol. The molecule has 0 fully saturated rings. The highest BCUT2D eigenvalue weighted by molar-refractivity contribution is 14.1. The quantitative estimate of drug-likeness (QED) is 0.844. The van der Waals surface area contributed by atoms with Gasteiger partial charge in [-0.25, -0.2) is 4.98 Å². The Bertz CT molecular complexity index is 381. The number of hydrogen-bond donors (Lipinski definition) is 1. The van der Waals surface area contributed by atoms with Gasteiger partial charge in [0, 0.05) is 6.42 Å². The maximum absolute atomic E-state index is 4.25. The molecule has 0 saturated carbocycles. The Kier molecular flexibility index (Phi) is 2.63. The van der Waals surface area contributed by atoms with Crippen LogP contribution in [0.5, 0.6) is 0 Å². The Morgan fingerprint density at radius 1 is 1.23 bits per heavy atom. The number of aromatic amines is 1. The molecule has 1 aromatic carbocycles. The van der Waals surface area contributed by atoms with Crippen LogP contribution in [0.1, 0.15) is 11.4 Å². The van der Waals surface area contributed by atoms with Gasteiger partial charge in [-0.05, 0) is 28.2 Å². The highest BCUT2D eigenvalue weighted by Gasteiger charge is 1.98. The smallest absolute Gasteiger partial charge is 0.111 e. The van der Waals surface area contributed by atoms with E-state index in [4.69, 9.17) is 0 Å². The van der Waals surface area contributed by atoms with Crippen LogP contribution >= 0.6 is 22.6 Å². The zero-order valence-electron chi connectivity index (χ0n) is 7.00. The van der Waals surface area contributed by atoms with Crippen molar-refractivity contribution in [3.05, 3.63) is 51.6 Å². The van der Waals surface area contributed by atoms with Gasteiger partial charge in [0.25, 0.3) is 0 Å². The highest BCUT2D eigenvalue weighted by atomic mass is 127. The molecule has 1 N–H and O–H groups in total. The molecule has 0 atom stereocenters. The highest BCUT2D eigenvalue weighted by Crippen LogP contribution is 2.07. The Labute approximate surface area is 90.5 Å².